The third-order valence-corrected chi connectivity index (χ3v) is 4.38. The number of nitrogens with zero attached hydrogens (tertiary/aromatic N) is 1. The van der Waals surface area contributed by atoms with Gasteiger partial charge in [-0.3, -0.25) is 0 Å². The first-order valence-corrected chi connectivity index (χ1v) is 8.06. The molecular formula is C16H20BrN3. The highest BCUT2D eigenvalue weighted by Crippen LogP contribution is 2.25. The number of aryl methyl sites for hydroxylation is 1. The summed E-state index contributed by atoms with van der Waals surface area (Å²) < 4.78 is 1.09. The van der Waals surface area contributed by atoms with Crippen molar-refractivity contribution in [1.29, 1.82) is 0 Å². The molecule has 1 aromatic carbocycles. The lowest BCUT2D eigenvalue weighted by atomic mass is 10.0. The lowest BCUT2D eigenvalue weighted by Gasteiger charge is -2.22. The van der Waals surface area contributed by atoms with Crippen molar-refractivity contribution in [2.24, 2.45) is 0 Å². The Labute approximate surface area is 128 Å². The Morgan fingerprint density at radius 3 is 3.00 bits per heavy atom. The number of imidazole rings is 1. The second-order valence-corrected chi connectivity index (χ2v) is 6.43. The maximum Gasteiger partial charge on any atom is 0.108 e. The van der Waals surface area contributed by atoms with Crippen LogP contribution >= 0.6 is 15.9 Å². The monoisotopic (exact) mass is 333 g/mol. The molecular weight excluding hydrogens is 314 g/mol. The number of hydrogen-bond acceptors (Lipinski definition) is 2. The second-order valence-electron chi connectivity index (χ2n) is 5.52. The first-order valence-electron chi connectivity index (χ1n) is 7.27. The predicted octanol–water partition coefficient (Wildman–Crippen LogP) is 3.83. The van der Waals surface area contributed by atoms with E-state index in [0.717, 1.165) is 40.2 Å². The molecule has 3 rings (SSSR count). The Balaban J connectivity index is 1.80. The van der Waals surface area contributed by atoms with Gasteiger partial charge in [-0.1, -0.05) is 34.5 Å². The number of H-pyrrole nitrogens is 1. The average Bonchev–Trinajstić information content (AvgIpc) is 2.81. The number of aromatic nitrogens is 2. The van der Waals surface area contributed by atoms with Gasteiger partial charge in [0.1, 0.15) is 5.82 Å². The molecule has 0 amide bonds. The molecule has 2 aromatic rings. The van der Waals surface area contributed by atoms with Gasteiger partial charge in [-0.05, 0) is 38.4 Å². The van der Waals surface area contributed by atoms with Crippen LogP contribution in [0.4, 0.5) is 0 Å². The van der Waals surface area contributed by atoms with Crippen molar-refractivity contribution in [1.82, 2.24) is 15.3 Å². The minimum Gasteiger partial charge on any atom is -0.346 e. The van der Waals surface area contributed by atoms with Crippen molar-refractivity contribution in [3.63, 3.8) is 0 Å². The summed E-state index contributed by atoms with van der Waals surface area (Å²) in [5.74, 6) is 1.09. The molecule has 20 heavy (non-hydrogen) atoms. The van der Waals surface area contributed by atoms with Crippen LogP contribution in [0, 0.1) is 6.92 Å². The van der Waals surface area contributed by atoms with Crippen LogP contribution in [0.2, 0.25) is 0 Å². The van der Waals surface area contributed by atoms with Crippen molar-refractivity contribution in [2.75, 3.05) is 6.54 Å². The van der Waals surface area contributed by atoms with E-state index in [1.54, 1.807) is 0 Å². The van der Waals surface area contributed by atoms with Gasteiger partial charge in [-0.15, -0.1) is 0 Å². The Hall–Kier alpha value is -1.13. The topological polar surface area (TPSA) is 40.7 Å². The Bertz CT molecular complexity index is 585. The zero-order valence-electron chi connectivity index (χ0n) is 11.7. The van der Waals surface area contributed by atoms with Gasteiger partial charge < -0.3 is 10.3 Å². The van der Waals surface area contributed by atoms with Crippen molar-refractivity contribution in [2.45, 2.75) is 38.6 Å². The summed E-state index contributed by atoms with van der Waals surface area (Å²) in [6.45, 7) is 3.24. The lowest BCUT2D eigenvalue weighted by molar-refractivity contribution is 0.395. The summed E-state index contributed by atoms with van der Waals surface area (Å²) in [6, 6.07) is 8.89. The zero-order chi connectivity index (χ0) is 13.9. The highest BCUT2D eigenvalue weighted by molar-refractivity contribution is 9.10. The summed E-state index contributed by atoms with van der Waals surface area (Å²) in [7, 11) is 0. The number of rotatable bonds is 3. The fourth-order valence-corrected chi connectivity index (χ4v) is 3.27. The standard InChI is InChI=1S/C16H20BrN3/c1-11-16(12-5-4-6-13(17)9-12)20-15(19-11)10-14-7-2-3-8-18-14/h4-6,9,14,18H,2-3,7-8,10H2,1H3,(H,19,20). The largest absolute Gasteiger partial charge is 0.346 e. The molecule has 1 unspecified atom stereocenters. The van der Waals surface area contributed by atoms with E-state index in [0.29, 0.717) is 6.04 Å². The molecule has 1 aromatic heterocycles. The van der Waals surface area contributed by atoms with Crippen LogP contribution in [0.5, 0.6) is 0 Å². The summed E-state index contributed by atoms with van der Waals surface area (Å²) in [5, 5.41) is 3.58. The SMILES string of the molecule is Cc1[nH]c(CC2CCCCN2)nc1-c1cccc(Br)c1. The molecule has 0 bridgehead atoms. The van der Waals surface area contributed by atoms with Crippen LogP contribution in [0.25, 0.3) is 11.3 Å². The minimum absolute atomic E-state index is 0.574. The quantitative estimate of drug-likeness (QED) is 0.896. The first kappa shape index (κ1) is 13.8. The predicted molar refractivity (Wildman–Crippen MR) is 85.8 cm³/mol. The molecule has 1 aliphatic rings. The lowest BCUT2D eigenvalue weighted by Crippen LogP contribution is -2.35. The molecule has 0 spiro atoms. The molecule has 1 fully saturated rings. The van der Waals surface area contributed by atoms with Crippen LogP contribution in [-0.4, -0.2) is 22.6 Å². The molecule has 0 radical (unpaired) electrons. The van der Waals surface area contributed by atoms with Gasteiger partial charge in [0.05, 0.1) is 5.69 Å². The van der Waals surface area contributed by atoms with Crippen molar-refractivity contribution in [3.05, 3.63) is 40.3 Å². The van der Waals surface area contributed by atoms with Crippen molar-refractivity contribution < 1.29 is 0 Å². The normalized spacial score (nSPS) is 19.2. The molecule has 0 saturated carbocycles. The van der Waals surface area contributed by atoms with E-state index in [-0.39, 0.29) is 0 Å². The number of aromatic amines is 1. The molecule has 106 valence electrons. The maximum absolute atomic E-state index is 4.80. The summed E-state index contributed by atoms with van der Waals surface area (Å²) >= 11 is 3.52. The number of benzene rings is 1. The van der Waals surface area contributed by atoms with Crippen LogP contribution in [-0.2, 0) is 6.42 Å². The molecule has 1 atom stereocenters. The molecule has 2 N–H and O–H groups in total. The van der Waals surface area contributed by atoms with Crippen LogP contribution < -0.4 is 5.32 Å². The average molecular weight is 334 g/mol. The van der Waals surface area contributed by atoms with Crippen molar-refractivity contribution >= 4 is 15.9 Å². The van der Waals surface area contributed by atoms with E-state index in [2.05, 4.69) is 51.4 Å². The van der Waals surface area contributed by atoms with Crippen LogP contribution in [0.15, 0.2) is 28.7 Å². The van der Waals surface area contributed by atoms with Gasteiger partial charge in [-0.2, -0.15) is 0 Å². The smallest absolute Gasteiger partial charge is 0.108 e. The Kier molecular flexibility index (Phi) is 4.22. The fourth-order valence-electron chi connectivity index (χ4n) is 2.87. The Morgan fingerprint density at radius 2 is 2.25 bits per heavy atom. The van der Waals surface area contributed by atoms with Crippen molar-refractivity contribution in [3.8, 4) is 11.3 Å². The van der Waals surface area contributed by atoms with Crippen LogP contribution in [0.3, 0.4) is 0 Å². The summed E-state index contributed by atoms with van der Waals surface area (Å²) in [4.78, 5) is 8.24. The minimum atomic E-state index is 0.574. The zero-order valence-corrected chi connectivity index (χ0v) is 13.3. The molecule has 4 heteroatoms. The van der Waals surface area contributed by atoms with Gasteiger partial charge >= 0.3 is 0 Å². The molecule has 1 aliphatic heterocycles. The molecule has 2 heterocycles. The summed E-state index contributed by atoms with van der Waals surface area (Å²) in [6.07, 6.45) is 4.88. The van der Waals surface area contributed by atoms with E-state index < -0.39 is 0 Å². The van der Waals surface area contributed by atoms with Gasteiger partial charge in [0.2, 0.25) is 0 Å². The van der Waals surface area contributed by atoms with Gasteiger partial charge in [0, 0.05) is 28.2 Å². The fraction of sp³-hybridized carbons (Fsp3) is 0.438. The van der Waals surface area contributed by atoms with Gasteiger partial charge in [-0.25, -0.2) is 4.98 Å². The first-order chi connectivity index (χ1) is 9.72. The van der Waals surface area contributed by atoms with Crippen LogP contribution in [0.1, 0.15) is 30.8 Å². The van der Waals surface area contributed by atoms with E-state index in [1.165, 1.54) is 19.3 Å². The summed E-state index contributed by atoms with van der Waals surface area (Å²) in [5.41, 5.74) is 3.38. The third kappa shape index (κ3) is 3.13. The number of piperidine rings is 1. The number of halogens is 1. The van der Waals surface area contributed by atoms with E-state index in [1.807, 2.05) is 6.07 Å². The second kappa shape index (κ2) is 6.10. The van der Waals surface area contributed by atoms with E-state index >= 15 is 0 Å². The van der Waals surface area contributed by atoms with E-state index in [4.69, 9.17) is 4.98 Å². The highest BCUT2D eigenvalue weighted by atomic mass is 79.9. The molecule has 1 saturated heterocycles. The van der Waals surface area contributed by atoms with Gasteiger partial charge in [0.25, 0.3) is 0 Å². The maximum atomic E-state index is 4.80. The highest BCUT2D eigenvalue weighted by Gasteiger charge is 2.16. The Morgan fingerprint density at radius 1 is 1.35 bits per heavy atom. The van der Waals surface area contributed by atoms with E-state index in [9.17, 15) is 0 Å². The molecule has 0 aliphatic carbocycles. The third-order valence-electron chi connectivity index (χ3n) is 3.88. The number of nitrogens with one attached hydrogen (secondary N) is 2. The number of hydrogen-bond donors (Lipinski definition) is 2. The molecule has 3 nitrogen and oxygen atoms in total. The van der Waals surface area contributed by atoms with Gasteiger partial charge in [0.15, 0.2) is 0 Å².